The van der Waals surface area contributed by atoms with Crippen LogP contribution in [-0.2, 0) is 9.59 Å². The molecule has 34 heavy (non-hydrogen) atoms. The summed E-state index contributed by atoms with van der Waals surface area (Å²) < 4.78 is 5.87. The van der Waals surface area contributed by atoms with Crippen LogP contribution in [0.2, 0.25) is 0 Å². The molecule has 3 amide bonds. The normalized spacial score (nSPS) is 14.5. The molecular formula is C26H29N3O4S. The molecule has 3 aromatic rings. The Morgan fingerprint density at radius 3 is 2.47 bits per heavy atom. The second kappa shape index (κ2) is 10.7. The molecule has 2 aromatic heterocycles. The number of para-hydroxylation sites is 1. The van der Waals surface area contributed by atoms with Gasteiger partial charge in [0, 0.05) is 11.7 Å². The van der Waals surface area contributed by atoms with E-state index in [-0.39, 0.29) is 24.4 Å². The van der Waals surface area contributed by atoms with Crippen molar-refractivity contribution < 1.29 is 18.8 Å². The van der Waals surface area contributed by atoms with Gasteiger partial charge in [0.05, 0.1) is 11.4 Å². The lowest BCUT2D eigenvalue weighted by Crippen LogP contribution is -2.49. The third-order valence-corrected chi connectivity index (χ3v) is 6.90. The van der Waals surface area contributed by atoms with Crippen molar-refractivity contribution in [1.82, 2.24) is 10.6 Å². The van der Waals surface area contributed by atoms with Gasteiger partial charge < -0.3 is 15.1 Å². The highest BCUT2D eigenvalue weighted by Gasteiger charge is 2.37. The molecule has 0 radical (unpaired) electrons. The Morgan fingerprint density at radius 1 is 1.06 bits per heavy atom. The molecule has 1 fully saturated rings. The number of amides is 3. The van der Waals surface area contributed by atoms with Gasteiger partial charge in [0.25, 0.3) is 11.8 Å². The van der Waals surface area contributed by atoms with E-state index in [4.69, 9.17) is 4.42 Å². The van der Waals surface area contributed by atoms with Gasteiger partial charge in [0.2, 0.25) is 5.91 Å². The first-order chi connectivity index (χ1) is 16.4. The summed E-state index contributed by atoms with van der Waals surface area (Å²) in [5, 5.41) is 7.62. The van der Waals surface area contributed by atoms with Crippen LogP contribution in [0.15, 0.2) is 58.3 Å². The molecule has 1 atom stereocenters. The fraction of sp³-hybridized carbons (Fsp3) is 0.346. The Balaban J connectivity index is 1.67. The first kappa shape index (κ1) is 23.8. The number of nitrogens with one attached hydrogen (secondary N) is 2. The van der Waals surface area contributed by atoms with E-state index in [2.05, 4.69) is 10.6 Å². The van der Waals surface area contributed by atoms with Crippen molar-refractivity contribution in [1.29, 1.82) is 0 Å². The van der Waals surface area contributed by atoms with Gasteiger partial charge in [-0.25, -0.2) is 0 Å². The Bertz CT molecular complexity index is 1150. The van der Waals surface area contributed by atoms with Crippen molar-refractivity contribution in [3.63, 3.8) is 0 Å². The third kappa shape index (κ3) is 5.39. The van der Waals surface area contributed by atoms with E-state index in [0.717, 1.165) is 31.2 Å². The fourth-order valence-corrected chi connectivity index (χ4v) is 4.95. The lowest BCUT2D eigenvalue weighted by Gasteiger charge is -2.32. The minimum absolute atomic E-state index is 0.0819. The van der Waals surface area contributed by atoms with E-state index in [1.165, 1.54) is 16.2 Å². The predicted molar refractivity (Wildman–Crippen MR) is 132 cm³/mol. The van der Waals surface area contributed by atoms with Crippen LogP contribution < -0.4 is 15.5 Å². The summed E-state index contributed by atoms with van der Waals surface area (Å²) in [6, 6.07) is 13.5. The minimum atomic E-state index is -0.999. The molecule has 1 saturated carbocycles. The molecule has 0 saturated heterocycles. The van der Waals surface area contributed by atoms with Gasteiger partial charge in [-0.05, 0) is 61.9 Å². The number of carbonyl (C=O) groups is 3. The quantitative estimate of drug-likeness (QED) is 0.497. The fourth-order valence-electron chi connectivity index (χ4n) is 4.31. The summed E-state index contributed by atoms with van der Waals surface area (Å²) in [5.41, 5.74) is 1.43. The van der Waals surface area contributed by atoms with Gasteiger partial charge in [-0.1, -0.05) is 37.1 Å². The highest BCUT2D eigenvalue weighted by Crippen LogP contribution is 2.32. The van der Waals surface area contributed by atoms with Gasteiger partial charge in [-0.3, -0.25) is 19.3 Å². The van der Waals surface area contributed by atoms with Crippen LogP contribution in [0.5, 0.6) is 0 Å². The van der Waals surface area contributed by atoms with Gasteiger partial charge in [0.1, 0.15) is 11.5 Å². The molecule has 0 unspecified atom stereocenters. The monoisotopic (exact) mass is 479 g/mol. The topological polar surface area (TPSA) is 91.7 Å². The van der Waals surface area contributed by atoms with Gasteiger partial charge in [-0.15, -0.1) is 11.3 Å². The van der Waals surface area contributed by atoms with Crippen LogP contribution in [0.3, 0.4) is 0 Å². The van der Waals surface area contributed by atoms with Gasteiger partial charge in [0.15, 0.2) is 6.04 Å². The van der Waals surface area contributed by atoms with E-state index in [0.29, 0.717) is 22.1 Å². The molecule has 0 aliphatic heterocycles. The van der Waals surface area contributed by atoms with Crippen LogP contribution in [0.1, 0.15) is 58.5 Å². The van der Waals surface area contributed by atoms with Gasteiger partial charge in [-0.2, -0.15) is 0 Å². The molecule has 8 heteroatoms. The van der Waals surface area contributed by atoms with Gasteiger partial charge >= 0.3 is 0 Å². The lowest BCUT2D eigenvalue weighted by atomic mass is 10.1. The van der Waals surface area contributed by atoms with Crippen molar-refractivity contribution in [2.75, 3.05) is 11.4 Å². The minimum Gasteiger partial charge on any atom is -0.464 e. The standard InChI is InChI=1S/C26H29N3O4S/c1-17-8-3-6-11-20(17)29(23(30)16-27-25(31)22-12-7-15-34-22)24(21-14-13-18(2)33-21)26(32)28-19-9-4-5-10-19/h3,6-8,11-15,19,24H,4-5,9-10,16H2,1-2H3,(H,27,31)(H,28,32)/t24-/m1/s1. The summed E-state index contributed by atoms with van der Waals surface area (Å²) in [6.07, 6.45) is 3.99. The van der Waals surface area contributed by atoms with Crippen LogP contribution in [-0.4, -0.2) is 30.3 Å². The Kier molecular flexibility index (Phi) is 7.47. The second-order valence-corrected chi connectivity index (χ2v) is 9.50. The number of rotatable bonds is 8. The average Bonchev–Trinajstić information content (AvgIpc) is 3.59. The zero-order chi connectivity index (χ0) is 24.1. The van der Waals surface area contributed by atoms with Crippen molar-refractivity contribution in [2.24, 2.45) is 0 Å². The van der Waals surface area contributed by atoms with E-state index < -0.39 is 11.9 Å². The molecule has 7 nitrogen and oxygen atoms in total. The van der Waals surface area contributed by atoms with Crippen LogP contribution >= 0.6 is 11.3 Å². The maximum absolute atomic E-state index is 13.6. The molecule has 1 aliphatic carbocycles. The number of carbonyl (C=O) groups excluding carboxylic acids is 3. The Hall–Kier alpha value is -3.39. The van der Waals surface area contributed by atoms with Crippen LogP contribution in [0, 0.1) is 13.8 Å². The lowest BCUT2D eigenvalue weighted by molar-refractivity contribution is -0.127. The molecule has 0 bridgehead atoms. The third-order valence-electron chi connectivity index (χ3n) is 6.03. The number of nitrogens with zero attached hydrogens (tertiary/aromatic N) is 1. The Morgan fingerprint density at radius 2 is 1.82 bits per heavy atom. The number of anilines is 1. The summed E-state index contributed by atoms with van der Waals surface area (Å²) in [7, 11) is 0. The SMILES string of the molecule is Cc1ccc([C@H](C(=O)NC2CCCC2)N(C(=O)CNC(=O)c2cccs2)c2ccccc2C)o1. The van der Waals surface area contributed by atoms with Crippen molar-refractivity contribution in [3.05, 3.63) is 75.9 Å². The number of hydrogen-bond donors (Lipinski definition) is 2. The molecular weight excluding hydrogens is 450 g/mol. The smallest absolute Gasteiger partial charge is 0.261 e. The zero-order valence-corrected chi connectivity index (χ0v) is 20.2. The summed E-state index contributed by atoms with van der Waals surface area (Å²) in [5.74, 6) is 0.0159. The van der Waals surface area contributed by atoms with Crippen LogP contribution in [0.4, 0.5) is 5.69 Å². The van der Waals surface area contributed by atoms with Crippen molar-refractivity contribution >= 4 is 34.7 Å². The number of aryl methyl sites for hydroxylation is 2. The maximum atomic E-state index is 13.6. The first-order valence-corrected chi connectivity index (χ1v) is 12.4. The van der Waals surface area contributed by atoms with E-state index in [1.807, 2.05) is 25.1 Å². The van der Waals surface area contributed by atoms with E-state index >= 15 is 0 Å². The molecule has 1 aliphatic rings. The predicted octanol–water partition coefficient (Wildman–Crippen LogP) is 4.52. The highest BCUT2D eigenvalue weighted by atomic mass is 32.1. The second-order valence-electron chi connectivity index (χ2n) is 8.55. The number of benzene rings is 1. The average molecular weight is 480 g/mol. The highest BCUT2D eigenvalue weighted by molar-refractivity contribution is 7.12. The molecule has 0 spiro atoms. The summed E-state index contributed by atoms with van der Waals surface area (Å²) in [6.45, 7) is 3.44. The number of hydrogen-bond acceptors (Lipinski definition) is 5. The number of furan rings is 1. The van der Waals surface area contributed by atoms with Crippen molar-refractivity contribution in [2.45, 2.75) is 51.6 Å². The number of thiophene rings is 1. The molecule has 2 N–H and O–H groups in total. The summed E-state index contributed by atoms with van der Waals surface area (Å²) >= 11 is 1.30. The maximum Gasteiger partial charge on any atom is 0.261 e. The zero-order valence-electron chi connectivity index (χ0n) is 19.4. The Labute approximate surface area is 203 Å². The molecule has 1 aromatic carbocycles. The summed E-state index contributed by atoms with van der Waals surface area (Å²) in [4.78, 5) is 41.7. The van der Waals surface area contributed by atoms with E-state index in [1.54, 1.807) is 42.6 Å². The van der Waals surface area contributed by atoms with Crippen molar-refractivity contribution in [3.8, 4) is 0 Å². The molecule has 2 heterocycles. The van der Waals surface area contributed by atoms with E-state index in [9.17, 15) is 14.4 Å². The largest absolute Gasteiger partial charge is 0.464 e. The first-order valence-electron chi connectivity index (χ1n) is 11.5. The molecule has 4 rings (SSSR count). The molecule has 178 valence electrons. The van der Waals surface area contributed by atoms with Crippen LogP contribution in [0.25, 0.3) is 0 Å².